The monoisotopic (exact) mass is 378 g/mol. The summed E-state index contributed by atoms with van der Waals surface area (Å²) in [5.41, 5.74) is 1.28. The minimum absolute atomic E-state index is 0.299. The molecule has 1 atom stereocenters. The van der Waals surface area contributed by atoms with Gasteiger partial charge in [-0.1, -0.05) is 12.1 Å². The molecule has 1 unspecified atom stereocenters. The van der Waals surface area contributed by atoms with Gasteiger partial charge in [-0.3, -0.25) is 9.59 Å². The molecule has 0 fully saturated rings. The quantitative estimate of drug-likeness (QED) is 0.669. The molecule has 144 valence electrons. The van der Waals surface area contributed by atoms with E-state index in [0.29, 0.717) is 28.3 Å². The van der Waals surface area contributed by atoms with E-state index in [2.05, 4.69) is 10.6 Å². The van der Waals surface area contributed by atoms with E-state index in [1.165, 1.54) is 0 Å². The van der Waals surface area contributed by atoms with Crippen LogP contribution in [0.15, 0.2) is 65.1 Å². The first-order valence-corrected chi connectivity index (χ1v) is 8.89. The zero-order chi connectivity index (χ0) is 20.1. The van der Waals surface area contributed by atoms with E-state index in [1.807, 2.05) is 26.0 Å². The number of aryl methyl sites for hydroxylation is 1. The number of carbonyl (C=O) groups is 2. The maximum absolute atomic E-state index is 12.7. The Hall–Kier alpha value is -3.54. The van der Waals surface area contributed by atoms with Crippen LogP contribution in [-0.4, -0.2) is 18.9 Å². The summed E-state index contributed by atoms with van der Waals surface area (Å²) in [6.45, 7) is 3.69. The highest BCUT2D eigenvalue weighted by molar-refractivity contribution is 6.09. The Bertz CT molecular complexity index is 976. The molecule has 6 heteroatoms. The van der Waals surface area contributed by atoms with Gasteiger partial charge >= 0.3 is 0 Å². The second-order valence-corrected chi connectivity index (χ2v) is 6.37. The van der Waals surface area contributed by atoms with Gasteiger partial charge in [-0.15, -0.1) is 0 Å². The number of carbonyl (C=O) groups excluding carboxylic acids is 2. The van der Waals surface area contributed by atoms with E-state index >= 15 is 0 Å². The number of hydrogen-bond acceptors (Lipinski definition) is 4. The molecule has 3 aromatic rings. The molecule has 2 aromatic carbocycles. The third-order valence-electron chi connectivity index (χ3n) is 4.31. The normalized spacial score (nSPS) is 11.5. The molecule has 0 aliphatic heterocycles. The van der Waals surface area contributed by atoms with Crippen molar-refractivity contribution in [2.75, 3.05) is 12.4 Å². The van der Waals surface area contributed by atoms with Gasteiger partial charge in [0.25, 0.3) is 11.8 Å². The van der Waals surface area contributed by atoms with Crippen LogP contribution in [0.3, 0.4) is 0 Å². The average Bonchev–Trinajstić information content (AvgIpc) is 3.15. The molecule has 1 heterocycles. The number of ether oxygens (including phenoxy) is 1. The summed E-state index contributed by atoms with van der Waals surface area (Å²) in [7, 11) is 1.56. The third-order valence-corrected chi connectivity index (χ3v) is 4.31. The molecule has 0 aliphatic carbocycles. The highest BCUT2D eigenvalue weighted by atomic mass is 16.5. The van der Waals surface area contributed by atoms with E-state index in [9.17, 15) is 9.59 Å². The van der Waals surface area contributed by atoms with Gasteiger partial charge in [0, 0.05) is 5.56 Å². The number of anilines is 1. The minimum atomic E-state index is -0.308. The molecule has 0 saturated heterocycles. The van der Waals surface area contributed by atoms with Gasteiger partial charge in [-0.25, -0.2) is 0 Å². The van der Waals surface area contributed by atoms with Gasteiger partial charge < -0.3 is 19.8 Å². The Morgan fingerprint density at radius 1 is 0.964 bits per heavy atom. The number of furan rings is 1. The number of nitrogens with one attached hydrogen (secondary N) is 2. The van der Waals surface area contributed by atoms with Crippen LogP contribution in [0.2, 0.25) is 0 Å². The van der Waals surface area contributed by atoms with Crippen molar-refractivity contribution in [3.05, 3.63) is 83.3 Å². The standard InChI is InChI=1S/C22H22N2O4/c1-14-8-13-20(28-14)15(2)23-22(26)18-6-4-5-7-19(18)24-21(25)16-9-11-17(27-3)12-10-16/h4-13,15H,1-3H3,(H,23,26)(H,24,25). The van der Waals surface area contributed by atoms with Crippen molar-refractivity contribution in [1.82, 2.24) is 5.32 Å². The summed E-state index contributed by atoms with van der Waals surface area (Å²) in [5.74, 6) is 1.51. The second-order valence-electron chi connectivity index (χ2n) is 6.37. The van der Waals surface area contributed by atoms with Crippen LogP contribution >= 0.6 is 0 Å². The minimum Gasteiger partial charge on any atom is -0.497 e. The maximum Gasteiger partial charge on any atom is 0.255 e. The van der Waals surface area contributed by atoms with E-state index < -0.39 is 0 Å². The fourth-order valence-corrected chi connectivity index (χ4v) is 2.76. The van der Waals surface area contributed by atoms with Crippen molar-refractivity contribution in [1.29, 1.82) is 0 Å². The van der Waals surface area contributed by atoms with Gasteiger partial charge in [0.1, 0.15) is 17.3 Å². The second kappa shape index (κ2) is 8.43. The largest absolute Gasteiger partial charge is 0.497 e. The predicted octanol–water partition coefficient (Wildman–Crippen LogP) is 4.34. The lowest BCUT2D eigenvalue weighted by Crippen LogP contribution is -2.27. The Labute approximate surface area is 163 Å². The van der Waals surface area contributed by atoms with E-state index in [0.717, 1.165) is 5.76 Å². The van der Waals surface area contributed by atoms with Crippen LogP contribution in [-0.2, 0) is 0 Å². The fourth-order valence-electron chi connectivity index (χ4n) is 2.76. The van der Waals surface area contributed by atoms with Gasteiger partial charge in [-0.05, 0) is 62.4 Å². The highest BCUT2D eigenvalue weighted by Gasteiger charge is 2.18. The highest BCUT2D eigenvalue weighted by Crippen LogP contribution is 2.20. The molecule has 0 aliphatic rings. The van der Waals surface area contributed by atoms with Crippen LogP contribution in [0.1, 0.15) is 45.2 Å². The lowest BCUT2D eigenvalue weighted by Gasteiger charge is -2.15. The lowest BCUT2D eigenvalue weighted by molar-refractivity contribution is 0.0936. The van der Waals surface area contributed by atoms with E-state index in [-0.39, 0.29) is 17.9 Å². The molecule has 28 heavy (non-hydrogen) atoms. The predicted molar refractivity (Wildman–Crippen MR) is 107 cm³/mol. The Morgan fingerprint density at radius 3 is 2.32 bits per heavy atom. The van der Waals surface area contributed by atoms with Crippen LogP contribution in [0.5, 0.6) is 5.75 Å². The van der Waals surface area contributed by atoms with Gasteiger partial charge in [-0.2, -0.15) is 0 Å². The summed E-state index contributed by atoms with van der Waals surface area (Å²) >= 11 is 0. The van der Waals surface area contributed by atoms with Crippen LogP contribution in [0.25, 0.3) is 0 Å². The molecule has 3 rings (SSSR count). The first-order valence-electron chi connectivity index (χ1n) is 8.89. The van der Waals surface area contributed by atoms with Gasteiger partial charge in [0.2, 0.25) is 0 Å². The number of methoxy groups -OCH3 is 1. The summed E-state index contributed by atoms with van der Waals surface area (Å²) in [6, 6.07) is 17.0. The lowest BCUT2D eigenvalue weighted by atomic mass is 10.1. The zero-order valence-corrected chi connectivity index (χ0v) is 16.0. The topological polar surface area (TPSA) is 80.6 Å². The molecule has 1 aromatic heterocycles. The smallest absolute Gasteiger partial charge is 0.255 e. The first-order chi connectivity index (χ1) is 13.5. The summed E-state index contributed by atoms with van der Waals surface area (Å²) in [5, 5.41) is 5.69. The Kier molecular flexibility index (Phi) is 5.79. The van der Waals surface area contributed by atoms with Crippen LogP contribution in [0.4, 0.5) is 5.69 Å². The molecule has 2 amide bonds. The molecule has 6 nitrogen and oxygen atoms in total. The van der Waals surface area contributed by atoms with Crippen molar-refractivity contribution in [2.24, 2.45) is 0 Å². The summed E-state index contributed by atoms with van der Waals surface area (Å²) in [6.07, 6.45) is 0. The Morgan fingerprint density at radius 2 is 1.68 bits per heavy atom. The van der Waals surface area contributed by atoms with E-state index in [4.69, 9.17) is 9.15 Å². The summed E-state index contributed by atoms with van der Waals surface area (Å²) in [4.78, 5) is 25.3. The summed E-state index contributed by atoms with van der Waals surface area (Å²) < 4.78 is 10.7. The zero-order valence-electron chi connectivity index (χ0n) is 16.0. The Balaban J connectivity index is 1.74. The maximum atomic E-state index is 12.7. The third kappa shape index (κ3) is 4.40. The van der Waals surface area contributed by atoms with Crippen LogP contribution in [0, 0.1) is 6.92 Å². The van der Waals surface area contributed by atoms with Gasteiger partial charge in [0.15, 0.2) is 0 Å². The molecular formula is C22H22N2O4. The molecular weight excluding hydrogens is 356 g/mol. The van der Waals surface area contributed by atoms with Crippen molar-refractivity contribution in [3.8, 4) is 5.75 Å². The number of benzene rings is 2. The average molecular weight is 378 g/mol. The fraction of sp³-hybridized carbons (Fsp3) is 0.182. The SMILES string of the molecule is COc1ccc(C(=O)Nc2ccccc2C(=O)NC(C)c2ccc(C)o2)cc1. The molecule has 2 N–H and O–H groups in total. The number of rotatable bonds is 6. The number of hydrogen-bond donors (Lipinski definition) is 2. The van der Waals surface area contributed by atoms with Crippen molar-refractivity contribution >= 4 is 17.5 Å². The van der Waals surface area contributed by atoms with Crippen molar-refractivity contribution < 1.29 is 18.7 Å². The van der Waals surface area contributed by atoms with E-state index in [1.54, 1.807) is 55.6 Å². The van der Waals surface area contributed by atoms with Crippen LogP contribution < -0.4 is 15.4 Å². The first kappa shape index (κ1) is 19.2. The number of amides is 2. The van der Waals surface area contributed by atoms with Crippen molar-refractivity contribution in [3.63, 3.8) is 0 Å². The molecule has 0 radical (unpaired) electrons. The van der Waals surface area contributed by atoms with Crippen molar-refractivity contribution in [2.45, 2.75) is 19.9 Å². The van der Waals surface area contributed by atoms with Gasteiger partial charge in [0.05, 0.1) is 24.4 Å². The molecule has 0 spiro atoms. The molecule has 0 bridgehead atoms. The molecule has 0 saturated carbocycles. The number of para-hydroxylation sites is 1.